The second-order valence-corrected chi connectivity index (χ2v) is 6.60. The number of ether oxygens (including phenoxy) is 2. The van der Waals surface area contributed by atoms with Crippen molar-refractivity contribution < 1.29 is 19.1 Å². The Morgan fingerprint density at radius 2 is 1.22 bits per heavy atom. The third kappa shape index (κ3) is 17.1. The molecule has 0 aromatic heterocycles. The summed E-state index contributed by atoms with van der Waals surface area (Å²) in [6, 6.07) is 0. The zero-order chi connectivity index (χ0) is 17.3. The molecule has 0 heterocycles. The number of unbranched alkanes of at least 4 members (excludes halogenated alkanes) is 5. The molecule has 0 rings (SSSR count). The molecule has 0 saturated carbocycles. The van der Waals surface area contributed by atoms with Crippen LogP contribution in [-0.4, -0.2) is 25.2 Å². The van der Waals surface area contributed by atoms with Gasteiger partial charge in [-0.05, 0) is 38.0 Å². The first-order chi connectivity index (χ1) is 11.1. The van der Waals surface area contributed by atoms with Crippen molar-refractivity contribution in [1.82, 2.24) is 0 Å². The van der Waals surface area contributed by atoms with Crippen molar-refractivity contribution in [2.24, 2.45) is 5.92 Å². The van der Waals surface area contributed by atoms with Gasteiger partial charge in [0.2, 0.25) is 0 Å². The summed E-state index contributed by atoms with van der Waals surface area (Å²) in [6.07, 6.45) is 10.2. The highest BCUT2D eigenvalue weighted by Crippen LogP contribution is 2.10. The van der Waals surface area contributed by atoms with Crippen LogP contribution in [0.5, 0.6) is 0 Å². The summed E-state index contributed by atoms with van der Waals surface area (Å²) in [4.78, 5) is 22.8. The molecule has 0 saturated heterocycles. The third-order valence-corrected chi connectivity index (χ3v) is 3.67. The highest BCUT2D eigenvalue weighted by Gasteiger charge is 2.04. The Morgan fingerprint density at radius 3 is 1.70 bits per heavy atom. The first-order valence-corrected chi connectivity index (χ1v) is 9.37. The molecule has 0 unspecified atom stereocenters. The summed E-state index contributed by atoms with van der Waals surface area (Å²) < 4.78 is 10.2. The fourth-order valence-corrected chi connectivity index (χ4v) is 2.28. The third-order valence-electron chi connectivity index (χ3n) is 3.67. The molecular formula is C19H36O4. The molecular weight excluding hydrogens is 292 g/mol. The van der Waals surface area contributed by atoms with Crippen LogP contribution in [0.25, 0.3) is 0 Å². The predicted molar refractivity (Wildman–Crippen MR) is 93.2 cm³/mol. The van der Waals surface area contributed by atoms with E-state index in [1.165, 1.54) is 0 Å². The topological polar surface area (TPSA) is 52.6 Å². The van der Waals surface area contributed by atoms with Crippen LogP contribution in [0.2, 0.25) is 0 Å². The zero-order valence-electron chi connectivity index (χ0n) is 15.4. The van der Waals surface area contributed by atoms with E-state index < -0.39 is 0 Å². The fourth-order valence-electron chi connectivity index (χ4n) is 2.28. The van der Waals surface area contributed by atoms with E-state index in [1.807, 2.05) is 6.92 Å². The predicted octanol–water partition coefficient (Wildman–Crippen LogP) is 5.04. The van der Waals surface area contributed by atoms with Gasteiger partial charge in [-0.1, -0.05) is 46.5 Å². The van der Waals surface area contributed by atoms with Crippen LogP contribution in [0.4, 0.5) is 0 Å². The lowest BCUT2D eigenvalue weighted by molar-refractivity contribution is -0.144. The highest BCUT2D eigenvalue weighted by atomic mass is 16.5. The van der Waals surface area contributed by atoms with Crippen LogP contribution in [0.1, 0.15) is 91.4 Å². The average Bonchev–Trinajstić information content (AvgIpc) is 2.51. The lowest BCUT2D eigenvalue weighted by Gasteiger charge is -2.06. The van der Waals surface area contributed by atoms with Crippen LogP contribution >= 0.6 is 0 Å². The van der Waals surface area contributed by atoms with Gasteiger partial charge in [0.1, 0.15) is 0 Å². The Kier molecular flexibility index (Phi) is 15.1. The van der Waals surface area contributed by atoms with E-state index in [0.29, 0.717) is 32.0 Å². The zero-order valence-corrected chi connectivity index (χ0v) is 15.4. The summed E-state index contributed by atoms with van der Waals surface area (Å²) in [5.41, 5.74) is 0. The number of hydrogen-bond acceptors (Lipinski definition) is 4. The van der Waals surface area contributed by atoms with Crippen molar-refractivity contribution in [3.63, 3.8) is 0 Å². The molecule has 0 aliphatic carbocycles. The summed E-state index contributed by atoms with van der Waals surface area (Å²) in [5, 5.41) is 0. The van der Waals surface area contributed by atoms with Crippen LogP contribution in [-0.2, 0) is 19.1 Å². The standard InChI is InChI=1S/C19H36O4/c1-4-15-22-18(20)13-9-7-5-6-8-10-14-19(21)23-16-11-12-17(2)3/h17H,4-16H2,1-3H3. The number of carbonyl (C=O) groups excluding carboxylic acids is 2. The first kappa shape index (κ1) is 21.9. The SMILES string of the molecule is CCCOC(=O)CCCCCCCCC(=O)OCCCC(C)C. The number of hydrogen-bond donors (Lipinski definition) is 0. The molecule has 0 fully saturated rings. The van der Waals surface area contributed by atoms with Crippen molar-refractivity contribution in [3.8, 4) is 0 Å². The summed E-state index contributed by atoms with van der Waals surface area (Å²) >= 11 is 0. The van der Waals surface area contributed by atoms with Crippen molar-refractivity contribution in [3.05, 3.63) is 0 Å². The number of esters is 2. The van der Waals surface area contributed by atoms with Crippen molar-refractivity contribution in [2.75, 3.05) is 13.2 Å². The summed E-state index contributed by atoms with van der Waals surface area (Å²) in [7, 11) is 0. The number of carbonyl (C=O) groups is 2. The van der Waals surface area contributed by atoms with E-state index in [1.54, 1.807) is 0 Å². The van der Waals surface area contributed by atoms with Crippen molar-refractivity contribution in [1.29, 1.82) is 0 Å². The molecule has 0 spiro atoms. The molecule has 0 aromatic rings. The van der Waals surface area contributed by atoms with Gasteiger partial charge in [0.25, 0.3) is 0 Å². The minimum absolute atomic E-state index is 0.0626. The minimum Gasteiger partial charge on any atom is -0.466 e. The molecule has 0 amide bonds. The van der Waals surface area contributed by atoms with E-state index in [-0.39, 0.29) is 11.9 Å². The molecule has 23 heavy (non-hydrogen) atoms. The smallest absolute Gasteiger partial charge is 0.305 e. The second kappa shape index (κ2) is 15.8. The van der Waals surface area contributed by atoms with E-state index in [0.717, 1.165) is 57.8 Å². The molecule has 4 heteroatoms. The summed E-state index contributed by atoms with van der Waals surface area (Å²) in [5.74, 6) is 0.529. The molecule has 136 valence electrons. The maximum atomic E-state index is 11.5. The van der Waals surface area contributed by atoms with Crippen LogP contribution in [0, 0.1) is 5.92 Å². The summed E-state index contributed by atoms with van der Waals surface area (Å²) in [6.45, 7) is 7.44. The van der Waals surface area contributed by atoms with E-state index in [4.69, 9.17) is 9.47 Å². The lowest BCUT2D eigenvalue weighted by atomic mass is 10.1. The van der Waals surface area contributed by atoms with E-state index in [9.17, 15) is 9.59 Å². The lowest BCUT2D eigenvalue weighted by Crippen LogP contribution is -2.06. The maximum Gasteiger partial charge on any atom is 0.305 e. The Morgan fingerprint density at radius 1 is 0.739 bits per heavy atom. The van der Waals surface area contributed by atoms with Crippen LogP contribution < -0.4 is 0 Å². The van der Waals surface area contributed by atoms with Crippen molar-refractivity contribution in [2.45, 2.75) is 91.4 Å². The molecule has 4 nitrogen and oxygen atoms in total. The fraction of sp³-hybridized carbons (Fsp3) is 0.895. The average molecular weight is 328 g/mol. The van der Waals surface area contributed by atoms with Gasteiger partial charge in [-0.25, -0.2) is 0 Å². The first-order valence-electron chi connectivity index (χ1n) is 9.37. The monoisotopic (exact) mass is 328 g/mol. The van der Waals surface area contributed by atoms with Gasteiger partial charge in [0.15, 0.2) is 0 Å². The Balaban J connectivity index is 3.26. The molecule has 0 atom stereocenters. The van der Waals surface area contributed by atoms with Gasteiger partial charge in [0.05, 0.1) is 13.2 Å². The van der Waals surface area contributed by atoms with Crippen LogP contribution in [0.15, 0.2) is 0 Å². The molecule has 0 radical (unpaired) electrons. The Bertz CT molecular complexity index is 300. The van der Waals surface area contributed by atoms with Gasteiger partial charge in [-0.3, -0.25) is 9.59 Å². The number of rotatable bonds is 15. The maximum absolute atomic E-state index is 11.5. The molecule has 0 aliphatic rings. The largest absolute Gasteiger partial charge is 0.466 e. The minimum atomic E-state index is -0.0768. The van der Waals surface area contributed by atoms with Gasteiger partial charge in [0, 0.05) is 12.8 Å². The quantitative estimate of drug-likeness (QED) is 0.312. The van der Waals surface area contributed by atoms with E-state index in [2.05, 4.69) is 13.8 Å². The normalized spacial score (nSPS) is 10.8. The van der Waals surface area contributed by atoms with Gasteiger partial charge >= 0.3 is 11.9 Å². The van der Waals surface area contributed by atoms with E-state index >= 15 is 0 Å². The second-order valence-electron chi connectivity index (χ2n) is 6.60. The Labute approximate surface area is 142 Å². The molecule has 0 bridgehead atoms. The van der Waals surface area contributed by atoms with Gasteiger partial charge in [-0.15, -0.1) is 0 Å². The molecule has 0 N–H and O–H groups in total. The van der Waals surface area contributed by atoms with Crippen LogP contribution in [0.3, 0.4) is 0 Å². The highest BCUT2D eigenvalue weighted by molar-refractivity contribution is 5.69. The van der Waals surface area contributed by atoms with Gasteiger partial charge < -0.3 is 9.47 Å². The molecule has 0 aliphatic heterocycles. The van der Waals surface area contributed by atoms with Gasteiger partial charge in [-0.2, -0.15) is 0 Å². The Hall–Kier alpha value is -1.06. The molecule has 0 aromatic carbocycles. The van der Waals surface area contributed by atoms with Crippen molar-refractivity contribution >= 4 is 11.9 Å².